The predicted molar refractivity (Wildman–Crippen MR) is 89.9 cm³/mol. The zero-order valence-electron chi connectivity index (χ0n) is 13.7. The zero-order valence-corrected chi connectivity index (χ0v) is 13.7. The van der Waals surface area contributed by atoms with Crippen LogP contribution < -0.4 is 5.32 Å². The topological polar surface area (TPSA) is 47.6 Å². The lowest BCUT2D eigenvalue weighted by molar-refractivity contribution is 0.0117. The molecule has 0 fully saturated rings. The molecule has 0 aliphatic heterocycles. The Balaban J connectivity index is 1.70. The molecule has 24 heavy (non-hydrogen) atoms. The number of alkyl carbamates (subject to hydrolysis) is 1. The Morgan fingerprint density at radius 1 is 1.12 bits per heavy atom. The number of amides is 1. The quantitative estimate of drug-likeness (QED) is 0.794. The largest absolute Gasteiger partial charge is 0.444 e. The van der Waals surface area contributed by atoms with E-state index in [0.29, 0.717) is 13.0 Å². The molecule has 1 atom stereocenters. The third kappa shape index (κ3) is 6.38. The van der Waals surface area contributed by atoms with Gasteiger partial charge >= 0.3 is 6.09 Å². The van der Waals surface area contributed by atoms with Gasteiger partial charge in [-0.15, -0.1) is 0 Å². The number of halogens is 1. The van der Waals surface area contributed by atoms with Crippen molar-refractivity contribution in [1.82, 2.24) is 5.32 Å². The predicted octanol–water partition coefficient (Wildman–Crippen LogP) is 4.05. The molecule has 2 aromatic carbocycles. The van der Waals surface area contributed by atoms with Gasteiger partial charge in [0.2, 0.25) is 0 Å². The fourth-order valence-corrected chi connectivity index (χ4v) is 2.13. The molecular formula is C19H22FNO3. The standard InChI is InChI=1S/C19H22FNO3/c1-2-18(14-23-13-16-9-6-10-17(20)11-16)24-19(22)21-12-15-7-4-3-5-8-15/h3-11,18H,2,12-14H2,1H3,(H,21,22). The van der Waals surface area contributed by atoms with Crippen molar-refractivity contribution >= 4 is 6.09 Å². The molecular weight excluding hydrogens is 309 g/mol. The molecule has 0 saturated heterocycles. The van der Waals surface area contributed by atoms with E-state index in [-0.39, 0.29) is 25.1 Å². The number of carbonyl (C=O) groups excluding carboxylic acids is 1. The van der Waals surface area contributed by atoms with Gasteiger partial charge in [0.05, 0.1) is 13.2 Å². The fraction of sp³-hybridized carbons (Fsp3) is 0.316. The van der Waals surface area contributed by atoms with Crippen molar-refractivity contribution in [3.8, 4) is 0 Å². The highest BCUT2D eigenvalue weighted by molar-refractivity contribution is 5.67. The van der Waals surface area contributed by atoms with Crippen LogP contribution >= 0.6 is 0 Å². The molecule has 4 nitrogen and oxygen atoms in total. The lowest BCUT2D eigenvalue weighted by Crippen LogP contribution is -2.30. The third-order valence-corrected chi connectivity index (χ3v) is 3.47. The monoisotopic (exact) mass is 331 g/mol. The number of hydrogen-bond donors (Lipinski definition) is 1. The van der Waals surface area contributed by atoms with E-state index >= 15 is 0 Å². The third-order valence-electron chi connectivity index (χ3n) is 3.47. The fourth-order valence-electron chi connectivity index (χ4n) is 2.13. The Bertz CT molecular complexity index is 634. The Hall–Kier alpha value is -2.40. The molecule has 0 spiro atoms. The summed E-state index contributed by atoms with van der Waals surface area (Å²) in [5.41, 5.74) is 1.75. The van der Waals surface area contributed by atoms with Crippen LogP contribution in [-0.4, -0.2) is 18.8 Å². The van der Waals surface area contributed by atoms with Crippen LogP contribution in [0, 0.1) is 5.82 Å². The van der Waals surface area contributed by atoms with E-state index in [1.807, 2.05) is 37.3 Å². The van der Waals surface area contributed by atoms with E-state index in [2.05, 4.69) is 5.32 Å². The summed E-state index contributed by atoms with van der Waals surface area (Å²) in [5.74, 6) is -0.292. The molecule has 1 N–H and O–H groups in total. The summed E-state index contributed by atoms with van der Waals surface area (Å²) in [6.45, 7) is 2.88. The van der Waals surface area contributed by atoms with E-state index in [9.17, 15) is 9.18 Å². The Labute approximate surface area is 141 Å². The first-order valence-electron chi connectivity index (χ1n) is 7.98. The summed E-state index contributed by atoms with van der Waals surface area (Å²) in [6.07, 6.45) is -0.170. The van der Waals surface area contributed by atoms with Gasteiger partial charge in [0.1, 0.15) is 11.9 Å². The second-order valence-corrected chi connectivity index (χ2v) is 5.42. The first-order valence-corrected chi connectivity index (χ1v) is 7.98. The highest BCUT2D eigenvalue weighted by Gasteiger charge is 2.12. The second-order valence-electron chi connectivity index (χ2n) is 5.42. The van der Waals surface area contributed by atoms with Gasteiger partial charge in [-0.25, -0.2) is 9.18 Å². The summed E-state index contributed by atoms with van der Waals surface area (Å²) < 4.78 is 23.9. The summed E-state index contributed by atoms with van der Waals surface area (Å²) in [5, 5.41) is 2.71. The Kier molecular flexibility index (Phi) is 7.23. The summed E-state index contributed by atoms with van der Waals surface area (Å²) in [7, 11) is 0. The van der Waals surface area contributed by atoms with Gasteiger partial charge < -0.3 is 14.8 Å². The minimum absolute atomic E-state index is 0.270. The molecule has 1 amide bonds. The number of hydrogen-bond acceptors (Lipinski definition) is 3. The maximum atomic E-state index is 13.1. The molecule has 0 aliphatic rings. The van der Waals surface area contributed by atoms with Gasteiger partial charge in [-0.2, -0.15) is 0 Å². The van der Waals surface area contributed by atoms with Crippen molar-refractivity contribution in [1.29, 1.82) is 0 Å². The van der Waals surface area contributed by atoms with E-state index in [1.54, 1.807) is 12.1 Å². The van der Waals surface area contributed by atoms with Gasteiger partial charge in [-0.1, -0.05) is 49.4 Å². The van der Waals surface area contributed by atoms with Gasteiger partial charge in [-0.05, 0) is 29.7 Å². The lowest BCUT2D eigenvalue weighted by Gasteiger charge is -2.17. The average Bonchev–Trinajstić information content (AvgIpc) is 2.60. The lowest BCUT2D eigenvalue weighted by atomic mass is 10.2. The normalized spacial score (nSPS) is 11.8. The van der Waals surface area contributed by atoms with Crippen LogP contribution in [0.2, 0.25) is 0 Å². The first-order chi connectivity index (χ1) is 11.7. The van der Waals surface area contributed by atoms with Crippen molar-refractivity contribution < 1.29 is 18.7 Å². The smallest absolute Gasteiger partial charge is 0.407 e. The molecule has 128 valence electrons. The van der Waals surface area contributed by atoms with Crippen molar-refractivity contribution in [2.75, 3.05) is 6.61 Å². The zero-order chi connectivity index (χ0) is 17.2. The molecule has 5 heteroatoms. The van der Waals surface area contributed by atoms with Gasteiger partial charge in [-0.3, -0.25) is 0 Å². The molecule has 2 aromatic rings. The maximum absolute atomic E-state index is 13.1. The highest BCUT2D eigenvalue weighted by atomic mass is 19.1. The SMILES string of the molecule is CCC(COCc1cccc(F)c1)OC(=O)NCc1ccccc1. The highest BCUT2D eigenvalue weighted by Crippen LogP contribution is 2.07. The molecule has 0 radical (unpaired) electrons. The molecule has 0 aromatic heterocycles. The average molecular weight is 331 g/mol. The van der Waals surface area contributed by atoms with Crippen LogP contribution in [-0.2, 0) is 22.6 Å². The maximum Gasteiger partial charge on any atom is 0.407 e. The molecule has 0 bridgehead atoms. The van der Waals surface area contributed by atoms with Gasteiger partial charge in [0.25, 0.3) is 0 Å². The van der Waals surface area contributed by atoms with Crippen molar-refractivity contribution in [2.45, 2.75) is 32.6 Å². The van der Waals surface area contributed by atoms with Gasteiger partial charge in [0.15, 0.2) is 0 Å². The van der Waals surface area contributed by atoms with Crippen molar-refractivity contribution in [2.24, 2.45) is 0 Å². The summed E-state index contributed by atoms with van der Waals surface area (Å²) in [6, 6.07) is 15.8. The first kappa shape index (κ1) is 17.9. The van der Waals surface area contributed by atoms with Crippen LogP contribution in [0.25, 0.3) is 0 Å². The number of nitrogens with one attached hydrogen (secondary N) is 1. The minimum Gasteiger partial charge on any atom is -0.444 e. The van der Waals surface area contributed by atoms with Crippen molar-refractivity contribution in [3.63, 3.8) is 0 Å². The van der Waals surface area contributed by atoms with Crippen LogP contribution in [0.5, 0.6) is 0 Å². The van der Waals surface area contributed by atoms with Crippen LogP contribution in [0.4, 0.5) is 9.18 Å². The van der Waals surface area contributed by atoms with Crippen molar-refractivity contribution in [3.05, 3.63) is 71.5 Å². The second kappa shape index (κ2) is 9.67. The van der Waals surface area contributed by atoms with E-state index in [0.717, 1.165) is 11.1 Å². The molecule has 0 saturated carbocycles. The van der Waals surface area contributed by atoms with Gasteiger partial charge in [0, 0.05) is 6.54 Å². The minimum atomic E-state index is -0.472. The van der Waals surface area contributed by atoms with E-state index < -0.39 is 6.09 Å². The molecule has 0 aliphatic carbocycles. The molecule has 2 rings (SSSR count). The van der Waals surface area contributed by atoms with Crippen LogP contribution in [0.3, 0.4) is 0 Å². The number of carbonyl (C=O) groups is 1. The number of ether oxygens (including phenoxy) is 2. The van der Waals surface area contributed by atoms with E-state index in [1.165, 1.54) is 12.1 Å². The molecule has 1 unspecified atom stereocenters. The Morgan fingerprint density at radius 2 is 1.88 bits per heavy atom. The summed E-state index contributed by atoms with van der Waals surface area (Å²) >= 11 is 0. The van der Waals surface area contributed by atoms with Crippen LogP contribution in [0.15, 0.2) is 54.6 Å². The molecule has 0 heterocycles. The number of rotatable bonds is 8. The number of benzene rings is 2. The van der Waals surface area contributed by atoms with Crippen LogP contribution in [0.1, 0.15) is 24.5 Å². The Morgan fingerprint density at radius 3 is 2.58 bits per heavy atom. The van der Waals surface area contributed by atoms with E-state index in [4.69, 9.17) is 9.47 Å². The summed E-state index contributed by atoms with van der Waals surface area (Å²) in [4.78, 5) is 11.8.